The van der Waals surface area contributed by atoms with Crippen LogP contribution in [0.4, 0.5) is 4.79 Å². The number of rotatable bonds is 5. The molecule has 3 atom stereocenters. The number of aryl methyl sites for hydroxylation is 1. The number of amides is 4. The zero-order valence-corrected chi connectivity index (χ0v) is 16.2. The van der Waals surface area contributed by atoms with Crippen molar-refractivity contribution in [2.45, 2.75) is 44.2 Å². The lowest BCUT2D eigenvalue weighted by Gasteiger charge is -2.29. The zero-order valence-electron chi connectivity index (χ0n) is 16.2. The monoisotopic (exact) mass is 393 g/mol. The van der Waals surface area contributed by atoms with Gasteiger partial charge in [-0.1, -0.05) is 19.1 Å². The van der Waals surface area contributed by atoms with Gasteiger partial charge in [-0.2, -0.15) is 0 Å². The summed E-state index contributed by atoms with van der Waals surface area (Å²) in [6.45, 7) is 1.90. The van der Waals surface area contributed by atoms with Gasteiger partial charge in [-0.3, -0.25) is 9.59 Å². The van der Waals surface area contributed by atoms with Crippen molar-refractivity contribution < 1.29 is 18.8 Å². The highest BCUT2D eigenvalue weighted by molar-refractivity contribution is 6.10. The molecule has 1 saturated heterocycles. The van der Waals surface area contributed by atoms with Crippen molar-refractivity contribution in [3.05, 3.63) is 47.7 Å². The molecule has 0 bridgehead atoms. The molecule has 150 valence electrons. The first-order valence-corrected chi connectivity index (χ1v) is 10.0. The van der Waals surface area contributed by atoms with E-state index in [1.807, 2.05) is 37.3 Å². The average molecular weight is 393 g/mol. The third-order valence-electron chi connectivity index (χ3n) is 6.70. The molecule has 4 amide bonds. The van der Waals surface area contributed by atoms with Gasteiger partial charge in [-0.15, -0.1) is 0 Å². The van der Waals surface area contributed by atoms with E-state index in [-0.39, 0.29) is 11.8 Å². The second-order valence-electron chi connectivity index (χ2n) is 8.40. The molecule has 2 heterocycles. The Labute approximate surface area is 168 Å². The van der Waals surface area contributed by atoms with E-state index in [9.17, 15) is 14.4 Å². The molecule has 1 spiro atoms. The smallest absolute Gasteiger partial charge is 0.326 e. The number of benzene rings is 1. The minimum Gasteiger partial charge on any atom is -0.464 e. The predicted molar refractivity (Wildman–Crippen MR) is 104 cm³/mol. The van der Waals surface area contributed by atoms with Gasteiger partial charge in [0, 0.05) is 5.56 Å². The molecule has 7 heteroatoms. The van der Waals surface area contributed by atoms with Crippen LogP contribution in [-0.2, 0) is 21.5 Å². The number of hydrogen-bond acceptors (Lipinski definition) is 4. The van der Waals surface area contributed by atoms with Gasteiger partial charge in [-0.05, 0) is 66.8 Å². The largest absolute Gasteiger partial charge is 0.464 e. The molecule has 29 heavy (non-hydrogen) atoms. The van der Waals surface area contributed by atoms with Crippen LogP contribution in [0, 0.1) is 11.8 Å². The maximum atomic E-state index is 13.5. The molecule has 2 aliphatic carbocycles. The molecule has 2 unspecified atom stereocenters. The molecule has 1 aromatic carbocycles. The van der Waals surface area contributed by atoms with E-state index >= 15 is 0 Å². The summed E-state index contributed by atoms with van der Waals surface area (Å²) in [6, 6.07) is 8.04. The molecule has 1 aliphatic heterocycles. The van der Waals surface area contributed by atoms with E-state index in [0.717, 1.165) is 40.2 Å². The van der Waals surface area contributed by atoms with E-state index in [1.54, 1.807) is 6.26 Å². The first-order chi connectivity index (χ1) is 13.9. The van der Waals surface area contributed by atoms with Crippen LogP contribution in [0.3, 0.4) is 0 Å². The normalized spacial score (nSPS) is 25.2. The van der Waals surface area contributed by atoms with E-state index in [0.29, 0.717) is 18.8 Å². The fourth-order valence-corrected chi connectivity index (χ4v) is 4.97. The summed E-state index contributed by atoms with van der Waals surface area (Å²) in [6.07, 6.45) is 4.74. The van der Waals surface area contributed by atoms with Crippen LogP contribution in [0.2, 0.25) is 0 Å². The van der Waals surface area contributed by atoms with Gasteiger partial charge in [0.2, 0.25) is 5.91 Å². The molecular formula is C22H23N3O4. The maximum Gasteiger partial charge on any atom is 0.326 e. The topological polar surface area (TPSA) is 106 Å². The molecular weight excluding hydrogens is 370 g/mol. The Morgan fingerprint density at radius 3 is 2.76 bits per heavy atom. The number of nitrogens with two attached hydrogens (primary N) is 1. The number of nitrogens with one attached hydrogen (secondary N) is 1. The predicted octanol–water partition coefficient (Wildman–Crippen LogP) is 2.54. The third kappa shape index (κ3) is 2.60. The lowest BCUT2D eigenvalue weighted by Crippen LogP contribution is -2.53. The molecule has 1 saturated carbocycles. The van der Waals surface area contributed by atoms with Gasteiger partial charge in [0.25, 0.3) is 5.91 Å². The van der Waals surface area contributed by atoms with Gasteiger partial charge < -0.3 is 15.5 Å². The fourth-order valence-electron chi connectivity index (χ4n) is 4.97. The number of furan rings is 1. The highest BCUT2D eigenvalue weighted by atomic mass is 16.3. The maximum absolute atomic E-state index is 13.5. The number of fused-ring (bicyclic) bond motifs is 2. The summed E-state index contributed by atoms with van der Waals surface area (Å²) in [5.74, 6) is -0.0558. The van der Waals surface area contributed by atoms with E-state index in [4.69, 9.17) is 10.2 Å². The number of hydrogen-bond donors (Lipinski definition) is 2. The summed E-state index contributed by atoms with van der Waals surface area (Å²) in [5, 5.41) is 2.90. The van der Waals surface area contributed by atoms with Crippen molar-refractivity contribution >= 4 is 17.8 Å². The number of urea groups is 1. The minimum absolute atomic E-state index is 0.139. The van der Waals surface area contributed by atoms with Crippen molar-refractivity contribution in [1.29, 1.82) is 0 Å². The molecule has 3 N–H and O–H groups in total. The summed E-state index contributed by atoms with van der Waals surface area (Å²) >= 11 is 0. The number of carbonyl (C=O) groups is 3. The molecule has 0 radical (unpaired) electrons. The number of imide groups is 1. The quantitative estimate of drug-likeness (QED) is 0.762. The van der Waals surface area contributed by atoms with Crippen LogP contribution in [0.1, 0.15) is 37.3 Å². The lowest BCUT2D eigenvalue weighted by atomic mass is 9.89. The number of nitrogens with zero attached hydrogens (tertiary/aromatic N) is 1. The first kappa shape index (κ1) is 18.0. The zero-order chi connectivity index (χ0) is 20.3. The average Bonchev–Trinajstić information content (AvgIpc) is 3.19. The minimum atomic E-state index is -1.12. The molecule has 1 aromatic heterocycles. The molecule has 7 nitrogen and oxygen atoms in total. The Balaban J connectivity index is 1.51. The Bertz CT molecular complexity index is 1010. The second-order valence-corrected chi connectivity index (χ2v) is 8.40. The summed E-state index contributed by atoms with van der Waals surface area (Å²) in [4.78, 5) is 39.7. The standard InChI is InChI=1S/C22H23N3O4/c1-12(13-4-5-13)18(19(23)26)25-20(27)22(24-21(25)28)9-8-14-11-15(6-7-16(14)22)17-3-2-10-29-17/h2-3,6-7,10-13,18H,4-5,8-9H2,1H3,(H2,23,26)(H,24,28)/t12-,18?,22?/m0/s1. The van der Waals surface area contributed by atoms with Crippen LogP contribution in [-0.4, -0.2) is 28.8 Å². The second kappa shape index (κ2) is 6.20. The molecule has 2 fully saturated rings. The number of primary amides is 1. The molecule has 5 rings (SSSR count). The van der Waals surface area contributed by atoms with Crippen molar-refractivity contribution in [2.75, 3.05) is 0 Å². The Hall–Kier alpha value is -3.09. The van der Waals surface area contributed by atoms with Crippen molar-refractivity contribution in [1.82, 2.24) is 10.2 Å². The van der Waals surface area contributed by atoms with Gasteiger partial charge in [0.1, 0.15) is 17.3 Å². The van der Waals surface area contributed by atoms with E-state index in [2.05, 4.69) is 5.32 Å². The van der Waals surface area contributed by atoms with Crippen LogP contribution < -0.4 is 11.1 Å². The highest BCUT2D eigenvalue weighted by Crippen LogP contribution is 2.45. The summed E-state index contributed by atoms with van der Waals surface area (Å²) in [7, 11) is 0. The van der Waals surface area contributed by atoms with E-state index in [1.165, 1.54) is 0 Å². The Morgan fingerprint density at radius 2 is 2.10 bits per heavy atom. The van der Waals surface area contributed by atoms with Crippen molar-refractivity contribution in [3.63, 3.8) is 0 Å². The summed E-state index contributed by atoms with van der Waals surface area (Å²) in [5.41, 5.74) is 7.24. The Morgan fingerprint density at radius 1 is 1.31 bits per heavy atom. The highest BCUT2D eigenvalue weighted by Gasteiger charge is 2.59. The fraction of sp³-hybridized carbons (Fsp3) is 0.409. The van der Waals surface area contributed by atoms with Crippen molar-refractivity contribution in [2.24, 2.45) is 17.6 Å². The molecule has 3 aliphatic rings. The van der Waals surface area contributed by atoms with Gasteiger partial charge in [0.05, 0.1) is 6.26 Å². The SMILES string of the molecule is C[C@@H](C1CC1)C(C(N)=O)N1C(=O)NC2(CCc3cc(-c4ccco4)ccc32)C1=O. The molecule has 2 aromatic rings. The van der Waals surface area contributed by atoms with Gasteiger partial charge in [0.15, 0.2) is 0 Å². The van der Waals surface area contributed by atoms with Crippen LogP contribution in [0.25, 0.3) is 11.3 Å². The van der Waals surface area contributed by atoms with E-state index < -0.39 is 23.5 Å². The van der Waals surface area contributed by atoms with Crippen LogP contribution >= 0.6 is 0 Å². The first-order valence-electron chi connectivity index (χ1n) is 10.0. The van der Waals surface area contributed by atoms with Crippen LogP contribution in [0.5, 0.6) is 0 Å². The van der Waals surface area contributed by atoms with Crippen LogP contribution in [0.15, 0.2) is 41.0 Å². The third-order valence-corrected chi connectivity index (χ3v) is 6.70. The van der Waals surface area contributed by atoms with Gasteiger partial charge in [-0.25, -0.2) is 9.69 Å². The Kier molecular flexibility index (Phi) is 3.84. The summed E-state index contributed by atoms with van der Waals surface area (Å²) < 4.78 is 5.47. The van der Waals surface area contributed by atoms with Gasteiger partial charge >= 0.3 is 6.03 Å². The van der Waals surface area contributed by atoms with Crippen molar-refractivity contribution in [3.8, 4) is 11.3 Å². The number of carbonyl (C=O) groups excluding carboxylic acids is 3. The lowest BCUT2D eigenvalue weighted by molar-refractivity contribution is -0.139.